The zero-order chi connectivity index (χ0) is 9.14. The summed E-state index contributed by atoms with van der Waals surface area (Å²) in [4.78, 5) is 0. The van der Waals surface area contributed by atoms with Crippen molar-refractivity contribution in [1.82, 2.24) is 0 Å². The van der Waals surface area contributed by atoms with E-state index >= 15 is 0 Å². The Labute approximate surface area is 74.8 Å². The summed E-state index contributed by atoms with van der Waals surface area (Å²) in [5.74, 6) is 1.10. The summed E-state index contributed by atoms with van der Waals surface area (Å²) in [7, 11) is 0. The van der Waals surface area contributed by atoms with Gasteiger partial charge in [-0.3, -0.25) is 0 Å². The maximum absolute atomic E-state index is 9.28. The second-order valence-electron chi connectivity index (χ2n) is 3.95. The largest absolute Gasteiger partial charge is 0.389 e. The molecule has 0 saturated heterocycles. The van der Waals surface area contributed by atoms with Crippen LogP contribution in [-0.2, 0) is 0 Å². The first-order chi connectivity index (χ1) is 5.59. The lowest BCUT2D eigenvalue weighted by molar-refractivity contribution is 0.203. The SMILES string of the molecule is CC(C)=CC(C)C1C=CC(O)C1. The van der Waals surface area contributed by atoms with Crippen molar-refractivity contribution in [3.05, 3.63) is 23.8 Å². The first-order valence-electron chi connectivity index (χ1n) is 4.61. The highest BCUT2D eigenvalue weighted by Crippen LogP contribution is 2.26. The van der Waals surface area contributed by atoms with Gasteiger partial charge in [0.2, 0.25) is 0 Å². The van der Waals surface area contributed by atoms with Crippen molar-refractivity contribution in [2.75, 3.05) is 0 Å². The molecule has 0 aromatic rings. The average Bonchev–Trinajstić information content (AvgIpc) is 2.34. The van der Waals surface area contributed by atoms with E-state index in [-0.39, 0.29) is 6.10 Å². The Balaban J connectivity index is 2.50. The zero-order valence-corrected chi connectivity index (χ0v) is 8.12. The molecular weight excluding hydrogens is 148 g/mol. The number of allylic oxidation sites excluding steroid dienone is 3. The molecule has 1 rings (SSSR count). The standard InChI is InChI=1S/C11H18O/c1-8(2)6-9(3)10-4-5-11(12)7-10/h4-6,9-12H,7H2,1-3H3. The molecule has 0 heterocycles. The Kier molecular flexibility index (Phi) is 3.10. The van der Waals surface area contributed by atoms with Crippen molar-refractivity contribution >= 4 is 0 Å². The van der Waals surface area contributed by atoms with Crippen LogP contribution in [0.1, 0.15) is 27.2 Å². The number of aliphatic hydroxyl groups is 1. The lowest BCUT2D eigenvalue weighted by Crippen LogP contribution is -2.08. The van der Waals surface area contributed by atoms with Crippen molar-refractivity contribution in [2.45, 2.75) is 33.3 Å². The molecule has 0 bridgehead atoms. The quantitative estimate of drug-likeness (QED) is 0.625. The molecule has 0 fully saturated rings. The molecule has 1 aliphatic rings. The number of hydrogen-bond acceptors (Lipinski definition) is 1. The molecule has 1 nitrogen and oxygen atoms in total. The highest BCUT2D eigenvalue weighted by atomic mass is 16.3. The smallest absolute Gasteiger partial charge is 0.0726 e. The maximum atomic E-state index is 9.28. The van der Waals surface area contributed by atoms with Crippen molar-refractivity contribution in [1.29, 1.82) is 0 Å². The molecular formula is C11H18O. The Morgan fingerprint density at radius 3 is 2.58 bits per heavy atom. The van der Waals surface area contributed by atoms with Crippen LogP contribution in [0.5, 0.6) is 0 Å². The van der Waals surface area contributed by atoms with Gasteiger partial charge >= 0.3 is 0 Å². The van der Waals surface area contributed by atoms with Gasteiger partial charge in [0, 0.05) is 0 Å². The maximum Gasteiger partial charge on any atom is 0.0726 e. The molecule has 1 aliphatic carbocycles. The fraction of sp³-hybridized carbons (Fsp3) is 0.636. The van der Waals surface area contributed by atoms with Crippen LogP contribution in [0.4, 0.5) is 0 Å². The van der Waals surface area contributed by atoms with E-state index in [9.17, 15) is 5.11 Å². The fourth-order valence-electron chi connectivity index (χ4n) is 1.75. The monoisotopic (exact) mass is 166 g/mol. The molecule has 1 N–H and O–H groups in total. The molecule has 3 atom stereocenters. The average molecular weight is 166 g/mol. The Morgan fingerprint density at radius 2 is 2.17 bits per heavy atom. The lowest BCUT2D eigenvalue weighted by atomic mass is 9.92. The van der Waals surface area contributed by atoms with Crippen LogP contribution in [0.15, 0.2) is 23.8 Å². The highest BCUT2D eigenvalue weighted by Gasteiger charge is 2.20. The predicted octanol–water partition coefficient (Wildman–Crippen LogP) is 2.53. The first kappa shape index (κ1) is 9.53. The van der Waals surface area contributed by atoms with Crippen LogP contribution in [0, 0.1) is 11.8 Å². The van der Waals surface area contributed by atoms with Gasteiger partial charge in [-0.25, -0.2) is 0 Å². The van der Waals surface area contributed by atoms with Gasteiger partial charge in [-0.2, -0.15) is 0 Å². The van der Waals surface area contributed by atoms with Gasteiger partial charge in [-0.15, -0.1) is 0 Å². The molecule has 0 amide bonds. The van der Waals surface area contributed by atoms with Crippen molar-refractivity contribution < 1.29 is 5.11 Å². The summed E-state index contributed by atoms with van der Waals surface area (Å²) in [5, 5.41) is 9.28. The van der Waals surface area contributed by atoms with E-state index in [1.54, 1.807) is 0 Å². The number of hydrogen-bond donors (Lipinski definition) is 1. The van der Waals surface area contributed by atoms with Gasteiger partial charge in [0.15, 0.2) is 0 Å². The molecule has 3 unspecified atom stereocenters. The summed E-state index contributed by atoms with van der Waals surface area (Å²) < 4.78 is 0. The molecule has 68 valence electrons. The second kappa shape index (κ2) is 3.90. The molecule has 0 radical (unpaired) electrons. The van der Waals surface area contributed by atoms with Crippen molar-refractivity contribution in [3.63, 3.8) is 0 Å². The summed E-state index contributed by atoms with van der Waals surface area (Å²) in [6.07, 6.45) is 7.00. The molecule has 0 saturated carbocycles. The van der Waals surface area contributed by atoms with Crippen molar-refractivity contribution in [3.8, 4) is 0 Å². The van der Waals surface area contributed by atoms with E-state index in [1.807, 2.05) is 6.08 Å². The van der Waals surface area contributed by atoms with Gasteiger partial charge in [0.25, 0.3) is 0 Å². The Morgan fingerprint density at radius 1 is 1.50 bits per heavy atom. The Bertz CT molecular complexity index is 199. The van der Waals surface area contributed by atoms with Crippen molar-refractivity contribution in [2.24, 2.45) is 11.8 Å². The third-order valence-corrected chi connectivity index (χ3v) is 2.37. The normalized spacial score (nSPS) is 30.3. The minimum Gasteiger partial charge on any atom is -0.389 e. The summed E-state index contributed by atoms with van der Waals surface area (Å²) >= 11 is 0. The lowest BCUT2D eigenvalue weighted by Gasteiger charge is -2.14. The number of aliphatic hydroxyl groups excluding tert-OH is 1. The summed E-state index contributed by atoms with van der Waals surface area (Å²) in [6, 6.07) is 0. The molecule has 1 heteroatoms. The fourth-order valence-corrected chi connectivity index (χ4v) is 1.75. The number of rotatable bonds is 2. The predicted molar refractivity (Wildman–Crippen MR) is 51.8 cm³/mol. The van der Waals surface area contributed by atoms with Gasteiger partial charge < -0.3 is 5.11 Å². The zero-order valence-electron chi connectivity index (χ0n) is 8.12. The molecule has 0 spiro atoms. The van der Waals surface area contributed by atoms with Gasteiger partial charge in [-0.05, 0) is 32.1 Å². The van der Waals surface area contributed by atoms with E-state index in [1.165, 1.54) is 5.57 Å². The molecule has 0 aromatic carbocycles. The van der Waals surface area contributed by atoms with Crippen LogP contribution in [0.3, 0.4) is 0 Å². The van der Waals surface area contributed by atoms with Gasteiger partial charge in [0.05, 0.1) is 6.10 Å². The third-order valence-electron chi connectivity index (χ3n) is 2.37. The van der Waals surface area contributed by atoms with Gasteiger partial charge in [-0.1, -0.05) is 30.7 Å². The van der Waals surface area contributed by atoms with E-state index in [2.05, 4.69) is 32.9 Å². The molecule has 0 aromatic heterocycles. The summed E-state index contributed by atoms with van der Waals surface area (Å²) in [5.41, 5.74) is 1.36. The first-order valence-corrected chi connectivity index (χ1v) is 4.61. The van der Waals surface area contributed by atoms with E-state index < -0.39 is 0 Å². The van der Waals surface area contributed by atoms with E-state index in [4.69, 9.17) is 0 Å². The van der Waals surface area contributed by atoms with Crippen LogP contribution < -0.4 is 0 Å². The second-order valence-corrected chi connectivity index (χ2v) is 3.95. The van der Waals surface area contributed by atoms with E-state index in [0.717, 1.165) is 6.42 Å². The molecule has 12 heavy (non-hydrogen) atoms. The minimum atomic E-state index is -0.206. The summed E-state index contributed by atoms with van der Waals surface area (Å²) in [6.45, 7) is 6.44. The third kappa shape index (κ3) is 2.49. The minimum absolute atomic E-state index is 0.206. The highest BCUT2D eigenvalue weighted by molar-refractivity contribution is 5.09. The van der Waals surface area contributed by atoms with E-state index in [0.29, 0.717) is 11.8 Å². The topological polar surface area (TPSA) is 20.2 Å². The van der Waals surface area contributed by atoms with Crippen LogP contribution in [0.2, 0.25) is 0 Å². The van der Waals surface area contributed by atoms with Gasteiger partial charge in [0.1, 0.15) is 0 Å². The Hall–Kier alpha value is -0.560. The van der Waals surface area contributed by atoms with Crippen LogP contribution in [0.25, 0.3) is 0 Å². The molecule has 0 aliphatic heterocycles. The van der Waals surface area contributed by atoms with Crippen LogP contribution >= 0.6 is 0 Å². The van der Waals surface area contributed by atoms with Crippen LogP contribution in [-0.4, -0.2) is 11.2 Å².